The number of carbonyl (C=O) groups is 2. The predicted molar refractivity (Wildman–Crippen MR) is 201 cm³/mol. The maximum Gasteiger partial charge on any atom is 0.472 e. The minimum absolute atomic E-state index is 0.00427. The number of hydrogen-bond acceptors (Lipinski definition) is 19. The van der Waals surface area contributed by atoms with Crippen molar-refractivity contribution in [2.75, 3.05) is 31.7 Å². The van der Waals surface area contributed by atoms with Gasteiger partial charge >= 0.3 is 27.3 Å². The lowest BCUT2D eigenvalue weighted by atomic mass is 10.1. The Balaban J connectivity index is 1.40. The second kappa shape index (κ2) is 20.2. The molecular formula is C32H45F2N9O16P2. The number of unbranched alkanes of at least 4 members (excludes halogenated alkanes) is 1. The minimum Gasteiger partial charge on any atom is -0.455 e. The summed E-state index contributed by atoms with van der Waals surface area (Å²) in [4.78, 5) is 85.6. The molecule has 0 spiro atoms. The summed E-state index contributed by atoms with van der Waals surface area (Å²) in [6.07, 6.45) is -12.3. The average molecular weight is 912 g/mol. The maximum absolute atomic E-state index is 13.9. The summed E-state index contributed by atoms with van der Waals surface area (Å²) in [6.45, 7) is 1.51. The first-order chi connectivity index (χ1) is 28.7. The van der Waals surface area contributed by atoms with Crippen LogP contribution in [0.3, 0.4) is 0 Å². The lowest BCUT2D eigenvalue weighted by Crippen LogP contribution is -2.47. The molecule has 61 heavy (non-hydrogen) atoms. The number of likely N-dealkylation sites (N-methyl/N-ethyl adjacent to an activating group) is 1. The summed E-state index contributed by atoms with van der Waals surface area (Å²) in [5.41, 5.74) is 10.5. The highest BCUT2D eigenvalue weighted by molar-refractivity contribution is 7.47. The van der Waals surface area contributed by atoms with E-state index in [0.29, 0.717) is 0 Å². The molecule has 9 N–H and O–H groups in total. The smallest absolute Gasteiger partial charge is 0.455 e. The highest BCUT2D eigenvalue weighted by Crippen LogP contribution is 2.50. The Hall–Kier alpha value is -4.37. The van der Waals surface area contributed by atoms with Gasteiger partial charge < -0.3 is 55.5 Å². The molecule has 5 heterocycles. The van der Waals surface area contributed by atoms with Gasteiger partial charge in [0.2, 0.25) is 12.3 Å². The quantitative estimate of drug-likeness (QED) is 0.0318. The minimum atomic E-state index is -5.46. The number of alkyl halides is 2. The van der Waals surface area contributed by atoms with Crippen molar-refractivity contribution < 1.29 is 80.2 Å². The van der Waals surface area contributed by atoms with Gasteiger partial charge in [0.1, 0.15) is 54.2 Å². The van der Waals surface area contributed by atoms with Crippen molar-refractivity contribution in [3.63, 3.8) is 0 Å². The van der Waals surface area contributed by atoms with Crippen LogP contribution in [0.2, 0.25) is 0 Å². The number of amides is 1. The van der Waals surface area contributed by atoms with E-state index in [9.17, 15) is 57.2 Å². The maximum atomic E-state index is 13.9. The molecule has 0 aliphatic carbocycles. The number of esters is 1. The van der Waals surface area contributed by atoms with E-state index in [1.54, 1.807) is 0 Å². The molecule has 1 unspecified atom stereocenters. The number of ether oxygens (including phenoxy) is 3. The monoisotopic (exact) mass is 911 g/mol. The Kier molecular flexibility index (Phi) is 15.8. The van der Waals surface area contributed by atoms with E-state index in [-0.39, 0.29) is 54.9 Å². The van der Waals surface area contributed by atoms with Crippen molar-refractivity contribution in [3.05, 3.63) is 48.1 Å². The number of allylic oxidation sites excluding steroid dienone is 1. The summed E-state index contributed by atoms with van der Waals surface area (Å²) in [5, 5.41) is 22.8. The standard InChI is InChI=1S/C32H45F2N9O16P2/c1-3-4-9-21(44)41(2)16(7-5-6-8-19(33)34)31(47)58-25-17(56-30(23(25)45)43-15-39-22-27(36)37-14-38-28(22)43)13-55-61(52,53)59-26-18(12-54-60(49,50)51)57-29(24(26)46)42-11-10-20(35)40-32(42)48/h3,10-11,14-19,23-26,29-30,45-46H,1,4-9,12-13H2,2H3,(H,52,53)(H2,35,40,48)(H2,36,37,38)(H2,49,50,51)/t16-,17+,18+,23+,24+,25+,26+,29+,30+/m0/s1. The molecule has 25 nitrogen and oxygen atoms in total. The van der Waals surface area contributed by atoms with Crippen LogP contribution in [0.15, 0.2) is 42.4 Å². The molecule has 0 aromatic carbocycles. The zero-order valence-corrected chi connectivity index (χ0v) is 34.0. The number of hydrogen-bond donors (Lipinski definition) is 7. The Morgan fingerprint density at radius 1 is 1.00 bits per heavy atom. The number of carbonyl (C=O) groups excluding carboxylic acids is 2. The Labute approximate surface area is 344 Å². The molecule has 5 rings (SSSR count). The first-order valence-electron chi connectivity index (χ1n) is 18.4. The van der Waals surface area contributed by atoms with Crippen molar-refractivity contribution >= 4 is 50.3 Å². The highest BCUT2D eigenvalue weighted by atomic mass is 31.2. The Bertz CT molecular complexity index is 2180. The number of anilines is 2. The molecule has 2 aliphatic heterocycles. The third-order valence-electron chi connectivity index (χ3n) is 9.57. The van der Waals surface area contributed by atoms with Gasteiger partial charge in [-0.05, 0) is 25.3 Å². The number of phosphoric acid groups is 2. The van der Waals surface area contributed by atoms with Crippen molar-refractivity contribution in [1.29, 1.82) is 0 Å². The molecule has 1 amide bonds. The van der Waals surface area contributed by atoms with Crippen LogP contribution in [-0.2, 0) is 46.5 Å². The SMILES string of the molecule is C=CCCC(=O)N(C)[C@@H](CCCCC(F)F)C(=O)O[C@H]1[C@@H](O)[C@H](n2cnc3c(N)ncnc32)O[C@@H]1COP(=O)(O)O[C@H]1[C@@H](O)[C@H](n2ccc(N)nc2=O)O[C@@H]1COP(=O)(O)O. The molecule has 2 fully saturated rings. The first-order valence-corrected chi connectivity index (χ1v) is 21.4. The fourth-order valence-corrected chi connectivity index (χ4v) is 7.84. The number of phosphoric ester groups is 2. The van der Waals surface area contributed by atoms with Crippen LogP contribution in [0.1, 0.15) is 51.0 Å². The number of nitrogen functional groups attached to an aromatic ring is 2. The zero-order valence-electron chi connectivity index (χ0n) is 32.2. The number of halogens is 2. The second-order valence-corrected chi connectivity index (χ2v) is 16.4. The number of aliphatic hydroxyl groups excluding tert-OH is 2. The van der Waals surface area contributed by atoms with Crippen LogP contribution < -0.4 is 17.2 Å². The molecule has 2 saturated heterocycles. The van der Waals surface area contributed by atoms with Crippen molar-refractivity contribution in [2.24, 2.45) is 0 Å². The van der Waals surface area contributed by atoms with Gasteiger partial charge in [0, 0.05) is 26.1 Å². The molecule has 0 radical (unpaired) electrons. The van der Waals surface area contributed by atoms with Crippen molar-refractivity contribution in [1.82, 2.24) is 34.0 Å². The number of aliphatic hydroxyl groups is 2. The van der Waals surface area contributed by atoms with Gasteiger partial charge in [-0.15, -0.1) is 6.58 Å². The van der Waals surface area contributed by atoms with Gasteiger partial charge in [-0.3, -0.25) is 27.5 Å². The van der Waals surface area contributed by atoms with Crippen LogP contribution in [-0.4, -0.2) is 140 Å². The summed E-state index contributed by atoms with van der Waals surface area (Å²) in [5.74, 6) is -1.87. The van der Waals surface area contributed by atoms with Crippen LogP contribution in [0.5, 0.6) is 0 Å². The van der Waals surface area contributed by atoms with Crippen LogP contribution in [0, 0.1) is 0 Å². The first kappa shape index (κ1) is 47.7. The third kappa shape index (κ3) is 12.0. The molecule has 29 heteroatoms. The van der Waals surface area contributed by atoms with Gasteiger partial charge in [-0.25, -0.2) is 42.5 Å². The molecule has 10 atom stereocenters. The van der Waals surface area contributed by atoms with Gasteiger partial charge in [-0.1, -0.05) is 12.5 Å². The predicted octanol–water partition coefficient (Wildman–Crippen LogP) is -0.0938. The van der Waals surface area contributed by atoms with Crippen LogP contribution in [0.4, 0.5) is 20.4 Å². The van der Waals surface area contributed by atoms with Crippen LogP contribution in [0.25, 0.3) is 11.2 Å². The molecule has 2 aliphatic rings. The van der Waals surface area contributed by atoms with E-state index in [1.807, 2.05) is 0 Å². The van der Waals surface area contributed by atoms with E-state index in [0.717, 1.165) is 28.1 Å². The topological polar surface area (TPSA) is 359 Å². The fraction of sp³-hybridized carbons (Fsp3) is 0.594. The lowest BCUT2D eigenvalue weighted by molar-refractivity contribution is -0.165. The highest BCUT2D eigenvalue weighted by Gasteiger charge is 2.52. The zero-order chi connectivity index (χ0) is 44.8. The van der Waals surface area contributed by atoms with Crippen molar-refractivity contribution in [2.45, 2.75) is 100 Å². The molecule has 338 valence electrons. The molecule has 0 bridgehead atoms. The molecular weight excluding hydrogens is 866 g/mol. The Morgan fingerprint density at radius 3 is 2.30 bits per heavy atom. The number of rotatable bonds is 21. The van der Waals surface area contributed by atoms with Gasteiger partial charge in [-0.2, -0.15) is 4.98 Å². The van der Waals surface area contributed by atoms with Gasteiger partial charge in [0.15, 0.2) is 30.0 Å². The third-order valence-corrected chi connectivity index (χ3v) is 11.0. The number of fused-ring (bicyclic) bond motifs is 1. The van der Waals surface area contributed by atoms with Gasteiger partial charge in [0.25, 0.3) is 0 Å². The second-order valence-electron chi connectivity index (χ2n) is 13.8. The largest absolute Gasteiger partial charge is 0.472 e. The molecule has 0 saturated carbocycles. The summed E-state index contributed by atoms with van der Waals surface area (Å²) < 4.78 is 85.0. The van der Waals surface area contributed by atoms with E-state index in [4.69, 9.17) is 34.7 Å². The fourth-order valence-electron chi connectivity index (χ4n) is 6.54. The summed E-state index contributed by atoms with van der Waals surface area (Å²) in [6, 6.07) is -0.202. The van der Waals surface area contributed by atoms with Crippen molar-refractivity contribution in [3.8, 4) is 0 Å². The van der Waals surface area contributed by atoms with E-state index in [2.05, 4.69) is 31.0 Å². The summed E-state index contributed by atoms with van der Waals surface area (Å²) >= 11 is 0. The van der Waals surface area contributed by atoms with E-state index < -0.39 is 114 Å². The van der Waals surface area contributed by atoms with Crippen LogP contribution >= 0.6 is 15.6 Å². The normalized spacial score (nSPS) is 25.7. The molecule has 3 aromatic heterocycles. The lowest BCUT2D eigenvalue weighted by Gasteiger charge is -2.29. The number of nitrogens with two attached hydrogens (primary N) is 2. The van der Waals surface area contributed by atoms with E-state index >= 15 is 0 Å². The number of imidazole rings is 1. The van der Waals surface area contributed by atoms with E-state index in [1.165, 1.54) is 24.0 Å². The molecule has 3 aromatic rings. The number of nitrogens with zero attached hydrogens (tertiary/aromatic N) is 7. The summed E-state index contributed by atoms with van der Waals surface area (Å²) in [7, 11) is -9.34. The van der Waals surface area contributed by atoms with Gasteiger partial charge in [0.05, 0.1) is 19.5 Å². The number of aromatic nitrogens is 6. The average Bonchev–Trinajstić information content (AvgIpc) is 3.84. The Morgan fingerprint density at radius 2 is 1.64 bits per heavy atom.